The number of aromatic nitrogens is 2. The Balaban J connectivity index is 2.01. The quantitative estimate of drug-likeness (QED) is 0.922. The van der Waals surface area contributed by atoms with Gasteiger partial charge in [-0.2, -0.15) is 13.9 Å². The van der Waals surface area contributed by atoms with E-state index < -0.39 is 6.61 Å². The molecule has 1 aromatic carbocycles. The first-order chi connectivity index (χ1) is 9.95. The van der Waals surface area contributed by atoms with E-state index >= 15 is 0 Å². The lowest BCUT2D eigenvalue weighted by molar-refractivity contribution is -0.116. The molecule has 0 spiro atoms. The fourth-order valence-electron chi connectivity index (χ4n) is 1.67. The molecule has 0 radical (unpaired) electrons. The first-order valence-electron chi connectivity index (χ1n) is 5.98. The molecule has 8 heteroatoms. The minimum absolute atomic E-state index is 0.0108. The summed E-state index contributed by atoms with van der Waals surface area (Å²) in [7, 11) is 0. The molecule has 0 bridgehead atoms. The van der Waals surface area contributed by atoms with Crippen LogP contribution in [0.4, 0.5) is 14.5 Å². The van der Waals surface area contributed by atoms with Crippen molar-refractivity contribution < 1.29 is 18.3 Å². The molecule has 0 aliphatic heterocycles. The summed E-state index contributed by atoms with van der Waals surface area (Å²) < 4.78 is 29.9. The van der Waals surface area contributed by atoms with Crippen LogP contribution in [0.3, 0.4) is 0 Å². The Labute approximate surface area is 124 Å². The second kappa shape index (κ2) is 6.53. The second-order valence-electron chi connectivity index (χ2n) is 4.20. The smallest absolute Gasteiger partial charge is 0.387 e. The summed E-state index contributed by atoms with van der Waals surface area (Å²) in [6, 6.07) is 5.81. The molecule has 0 aliphatic rings. The Hall–Kier alpha value is -2.15. The van der Waals surface area contributed by atoms with Crippen molar-refractivity contribution in [3.8, 4) is 5.75 Å². The van der Waals surface area contributed by atoms with Gasteiger partial charge in [-0.15, -0.1) is 0 Å². The predicted molar refractivity (Wildman–Crippen MR) is 73.7 cm³/mol. The fourth-order valence-corrected chi connectivity index (χ4v) is 1.90. The van der Waals surface area contributed by atoms with Crippen molar-refractivity contribution in [2.75, 3.05) is 5.32 Å². The van der Waals surface area contributed by atoms with E-state index in [9.17, 15) is 13.6 Å². The van der Waals surface area contributed by atoms with Crippen molar-refractivity contribution in [1.82, 2.24) is 9.78 Å². The highest BCUT2D eigenvalue weighted by molar-refractivity contribution is 6.32. The molecule has 2 rings (SSSR count). The van der Waals surface area contributed by atoms with Gasteiger partial charge in [-0.1, -0.05) is 11.6 Å². The third-order valence-electron chi connectivity index (χ3n) is 2.65. The van der Waals surface area contributed by atoms with Crippen LogP contribution in [0.15, 0.2) is 30.5 Å². The van der Waals surface area contributed by atoms with Crippen LogP contribution in [0.1, 0.15) is 5.69 Å². The number of anilines is 1. The van der Waals surface area contributed by atoms with Crippen LogP contribution < -0.4 is 10.1 Å². The summed E-state index contributed by atoms with van der Waals surface area (Å²) >= 11 is 5.80. The van der Waals surface area contributed by atoms with E-state index in [1.165, 1.54) is 22.9 Å². The average Bonchev–Trinajstić information content (AvgIpc) is 2.78. The Bertz CT molecular complexity index is 646. The van der Waals surface area contributed by atoms with Crippen molar-refractivity contribution >= 4 is 23.2 Å². The minimum Gasteiger partial charge on any atom is -0.433 e. The van der Waals surface area contributed by atoms with E-state index in [4.69, 9.17) is 11.6 Å². The highest BCUT2D eigenvalue weighted by atomic mass is 35.5. The zero-order valence-electron chi connectivity index (χ0n) is 11.0. The summed E-state index contributed by atoms with van der Waals surface area (Å²) in [6.45, 7) is -1.08. The van der Waals surface area contributed by atoms with Crippen LogP contribution in [0, 0.1) is 6.92 Å². The van der Waals surface area contributed by atoms with E-state index in [1.54, 1.807) is 12.3 Å². The van der Waals surface area contributed by atoms with Crippen molar-refractivity contribution in [2.24, 2.45) is 0 Å². The van der Waals surface area contributed by atoms with Gasteiger partial charge in [-0.05, 0) is 31.2 Å². The van der Waals surface area contributed by atoms with Gasteiger partial charge in [0.25, 0.3) is 0 Å². The van der Waals surface area contributed by atoms with E-state index in [-0.39, 0.29) is 23.2 Å². The summed E-state index contributed by atoms with van der Waals surface area (Å²) in [5, 5.41) is 6.58. The van der Waals surface area contributed by atoms with E-state index in [1.807, 2.05) is 6.92 Å². The van der Waals surface area contributed by atoms with Crippen LogP contribution in [0.5, 0.6) is 5.75 Å². The molecule has 0 fully saturated rings. The molecule has 1 amide bonds. The Kier molecular flexibility index (Phi) is 4.74. The number of hydrogen-bond acceptors (Lipinski definition) is 3. The topological polar surface area (TPSA) is 56.2 Å². The molecule has 0 aliphatic carbocycles. The summed E-state index contributed by atoms with van der Waals surface area (Å²) in [5.74, 6) is -0.451. The number of halogens is 3. The number of aryl methyl sites for hydroxylation is 1. The fraction of sp³-hybridized carbons (Fsp3) is 0.231. The Morgan fingerprint density at radius 3 is 2.81 bits per heavy atom. The molecule has 1 aromatic heterocycles. The van der Waals surface area contributed by atoms with Gasteiger partial charge in [-0.3, -0.25) is 9.48 Å². The van der Waals surface area contributed by atoms with Crippen molar-refractivity contribution in [2.45, 2.75) is 20.1 Å². The lowest BCUT2D eigenvalue weighted by atomic mass is 10.3. The van der Waals surface area contributed by atoms with Gasteiger partial charge in [0.05, 0.1) is 5.02 Å². The lowest BCUT2D eigenvalue weighted by Crippen LogP contribution is -2.20. The number of carbonyl (C=O) groups excluding carboxylic acids is 1. The predicted octanol–water partition coefficient (Wildman–Crippen LogP) is 3.09. The molecular formula is C13H12ClF2N3O2. The number of amides is 1. The molecule has 0 saturated heterocycles. The van der Waals surface area contributed by atoms with Gasteiger partial charge < -0.3 is 10.1 Å². The van der Waals surface area contributed by atoms with Gasteiger partial charge in [0.2, 0.25) is 5.91 Å². The maximum Gasteiger partial charge on any atom is 0.387 e. The number of ether oxygens (including phenoxy) is 1. The minimum atomic E-state index is -2.95. The normalized spacial score (nSPS) is 10.7. The number of nitrogens with zero attached hydrogens (tertiary/aromatic N) is 2. The summed E-state index contributed by atoms with van der Waals surface area (Å²) in [5.41, 5.74) is 1.24. The molecular weight excluding hydrogens is 304 g/mol. The Morgan fingerprint density at radius 1 is 1.48 bits per heavy atom. The molecule has 2 aromatic rings. The van der Waals surface area contributed by atoms with Crippen LogP contribution in [0.2, 0.25) is 5.02 Å². The van der Waals surface area contributed by atoms with Gasteiger partial charge in [-0.25, -0.2) is 0 Å². The first-order valence-corrected chi connectivity index (χ1v) is 6.36. The molecule has 0 atom stereocenters. The van der Waals surface area contributed by atoms with Gasteiger partial charge in [0, 0.05) is 17.6 Å². The van der Waals surface area contributed by atoms with Gasteiger partial charge in [0.1, 0.15) is 12.3 Å². The van der Waals surface area contributed by atoms with Crippen LogP contribution >= 0.6 is 11.6 Å². The number of nitrogens with one attached hydrogen (secondary N) is 1. The number of alkyl halides is 2. The number of carbonyl (C=O) groups is 1. The molecule has 0 saturated carbocycles. The second-order valence-corrected chi connectivity index (χ2v) is 4.61. The summed E-state index contributed by atoms with van der Waals surface area (Å²) in [4.78, 5) is 11.8. The maximum atomic E-state index is 12.1. The number of benzene rings is 1. The summed E-state index contributed by atoms with van der Waals surface area (Å²) in [6.07, 6.45) is 1.59. The highest BCUT2D eigenvalue weighted by Crippen LogP contribution is 2.28. The van der Waals surface area contributed by atoms with Crippen molar-refractivity contribution in [3.05, 3.63) is 41.2 Å². The molecule has 1 heterocycles. The highest BCUT2D eigenvalue weighted by Gasteiger charge is 2.11. The molecule has 5 nitrogen and oxygen atoms in total. The molecule has 21 heavy (non-hydrogen) atoms. The van der Waals surface area contributed by atoms with Crippen LogP contribution in [-0.2, 0) is 11.3 Å². The molecule has 1 N–H and O–H groups in total. The zero-order chi connectivity index (χ0) is 15.4. The first kappa shape index (κ1) is 15.2. The van der Waals surface area contributed by atoms with E-state index in [2.05, 4.69) is 15.2 Å². The molecule has 112 valence electrons. The van der Waals surface area contributed by atoms with Gasteiger partial charge in [0.15, 0.2) is 0 Å². The molecule has 0 unspecified atom stereocenters. The third-order valence-corrected chi connectivity index (χ3v) is 2.95. The SMILES string of the molecule is Cc1ccnn1CC(=O)Nc1ccc(OC(F)F)c(Cl)c1. The van der Waals surface area contributed by atoms with Gasteiger partial charge >= 0.3 is 6.61 Å². The van der Waals surface area contributed by atoms with Crippen molar-refractivity contribution in [1.29, 1.82) is 0 Å². The third kappa shape index (κ3) is 4.16. The average molecular weight is 316 g/mol. The number of hydrogen-bond donors (Lipinski definition) is 1. The standard InChI is InChI=1S/C13H12ClF2N3O2/c1-8-4-5-17-19(8)7-12(20)18-9-2-3-11(10(14)6-9)21-13(15)16/h2-6,13H,7H2,1H3,(H,18,20). The number of rotatable bonds is 5. The lowest BCUT2D eigenvalue weighted by Gasteiger charge is -2.10. The maximum absolute atomic E-state index is 12.1. The zero-order valence-corrected chi connectivity index (χ0v) is 11.8. The Morgan fingerprint density at radius 2 is 2.24 bits per heavy atom. The monoisotopic (exact) mass is 315 g/mol. The van der Waals surface area contributed by atoms with Crippen LogP contribution in [0.25, 0.3) is 0 Å². The van der Waals surface area contributed by atoms with Crippen molar-refractivity contribution in [3.63, 3.8) is 0 Å². The van der Waals surface area contributed by atoms with E-state index in [0.29, 0.717) is 5.69 Å². The van der Waals surface area contributed by atoms with E-state index in [0.717, 1.165) is 5.69 Å². The largest absolute Gasteiger partial charge is 0.433 e. The van der Waals surface area contributed by atoms with Crippen LogP contribution in [-0.4, -0.2) is 22.3 Å².